The maximum absolute atomic E-state index is 12.2. The molecule has 144 valence electrons. The number of nitrogens with two attached hydrogens (primary N) is 1. The third kappa shape index (κ3) is 6.09. The summed E-state index contributed by atoms with van der Waals surface area (Å²) < 4.78 is 11.2. The van der Waals surface area contributed by atoms with Crippen LogP contribution >= 0.6 is 11.6 Å². The van der Waals surface area contributed by atoms with Crippen LogP contribution in [0.1, 0.15) is 5.56 Å². The van der Waals surface area contributed by atoms with Gasteiger partial charge in [-0.25, -0.2) is 0 Å². The lowest BCUT2D eigenvalue weighted by Crippen LogP contribution is -2.39. The molecule has 1 amide bonds. The predicted molar refractivity (Wildman–Crippen MR) is 111 cm³/mol. The lowest BCUT2D eigenvalue weighted by Gasteiger charge is -2.13. The van der Waals surface area contributed by atoms with Crippen LogP contribution in [0.15, 0.2) is 78.9 Å². The van der Waals surface area contributed by atoms with Crippen molar-refractivity contribution in [1.29, 1.82) is 0 Å². The Hall–Kier alpha value is -2.86. The molecule has 0 aliphatic carbocycles. The van der Waals surface area contributed by atoms with E-state index in [4.69, 9.17) is 26.8 Å². The second-order valence-corrected chi connectivity index (χ2v) is 6.62. The highest BCUT2D eigenvalue weighted by Crippen LogP contribution is 2.25. The standard InChI is InChI=1S/C22H21ClN2O3/c23-17-7-4-8-20(13-17)28-19-11-9-18(10-12-19)25-22(26)21(24)15-27-14-16-5-2-1-3-6-16/h1-13,21H,14-15,24H2,(H,25,26). The summed E-state index contributed by atoms with van der Waals surface area (Å²) in [6.07, 6.45) is 0. The maximum Gasteiger partial charge on any atom is 0.243 e. The van der Waals surface area contributed by atoms with E-state index in [9.17, 15) is 4.79 Å². The molecule has 0 aliphatic rings. The topological polar surface area (TPSA) is 73.6 Å². The first-order chi connectivity index (χ1) is 13.6. The highest BCUT2D eigenvalue weighted by Gasteiger charge is 2.14. The summed E-state index contributed by atoms with van der Waals surface area (Å²) in [5.41, 5.74) is 7.56. The minimum atomic E-state index is -0.758. The van der Waals surface area contributed by atoms with Gasteiger partial charge in [0.15, 0.2) is 0 Å². The van der Waals surface area contributed by atoms with Crippen molar-refractivity contribution in [3.05, 3.63) is 89.4 Å². The number of hydrogen-bond acceptors (Lipinski definition) is 4. The zero-order valence-corrected chi connectivity index (χ0v) is 15.9. The largest absolute Gasteiger partial charge is 0.457 e. The number of rotatable bonds is 8. The number of amides is 1. The van der Waals surface area contributed by atoms with E-state index in [0.29, 0.717) is 28.8 Å². The summed E-state index contributed by atoms with van der Waals surface area (Å²) in [5.74, 6) is 0.967. The van der Waals surface area contributed by atoms with Crippen molar-refractivity contribution in [2.75, 3.05) is 11.9 Å². The van der Waals surface area contributed by atoms with Gasteiger partial charge in [0.2, 0.25) is 5.91 Å². The molecule has 5 nitrogen and oxygen atoms in total. The SMILES string of the molecule is NC(COCc1ccccc1)C(=O)Nc1ccc(Oc2cccc(Cl)c2)cc1. The molecule has 0 aliphatic heterocycles. The number of nitrogens with one attached hydrogen (secondary N) is 1. The van der Waals surface area contributed by atoms with Crippen molar-refractivity contribution in [3.8, 4) is 11.5 Å². The van der Waals surface area contributed by atoms with Crippen LogP contribution in [0.2, 0.25) is 5.02 Å². The smallest absolute Gasteiger partial charge is 0.243 e. The summed E-state index contributed by atoms with van der Waals surface area (Å²) in [5, 5.41) is 3.37. The van der Waals surface area contributed by atoms with Crippen LogP contribution in [0.5, 0.6) is 11.5 Å². The van der Waals surface area contributed by atoms with Gasteiger partial charge in [-0.2, -0.15) is 0 Å². The predicted octanol–water partition coefficient (Wildman–Crippen LogP) is 4.61. The molecule has 28 heavy (non-hydrogen) atoms. The van der Waals surface area contributed by atoms with Crippen molar-refractivity contribution in [3.63, 3.8) is 0 Å². The Labute approximate surface area is 169 Å². The average Bonchev–Trinajstić information content (AvgIpc) is 2.70. The van der Waals surface area contributed by atoms with Crippen molar-refractivity contribution in [1.82, 2.24) is 0 Å². The molecule has 0 spiro atoms. The van der Waals surface area contributed by atoms with Gasteiger partial charge in [0.1, 0.15) is 17.5 Å². The number of hydrogen-bond donors (Lipinski definition) is 2. The second kappa shape index (κ2) is 9.90. The normalized spacial score (nSPS) is 11.6. The molecule has 0 saturated carbocycles. The third-order valence-corrected chi connectivity index (χ3v) is 4.13. The molecule has 3 rings (SSSR count). The van der Waals surface area contributed by atoms with E-state index >= 15 is 0 Å². The first-order valence-electron chi connectivity index (χ1n) is 8.82. The highest BCUT2D eigenvalue weighted by molar-refractivity contribution is 6.30. The third-order valence-electron chi connectivity index (χ3n) is 3.90. The van der Waals surface area contributed by atoms with E-state index < -0.39 is 6.04 Å². The number of halogens is 1. The van der Waals surface area contributed by atoms with Crippen LogP contribution in [-0.4, -0.2) is 18.6 Å². The first-order valence-corrected chi connectivity index (χ1v) is 9.19. The summed E-state index contributed by atoms with van der Waals surface area (Å²) in [7, 11) is 0. The first kappa shape index (κ1) is 19.9. The summed E-state index contributed by atoms with van der Waals surface area (Å²) in [6, 6.07) is 23.1. The van der Waals surface area contributed by atoms with E-state index in [-0.39, 0.29) is 12.5 Å². The van der Waals surface area contributed by atoms with Crippen LogP contribution < -0.4 is 15.8 Å². The fraction of sp³-hybridized carbons (Fsp3) is 0.136. The molecular formula is C22H21ClN2O3. The van der Waals surface area contributed by atoms with E-state index in [1.54, 1.807) is 36.4 Å². The summed E-state index contributed by atoms with van der Waals surface area (Å²) in [6.45, 7) is 0.550. The van der Waals surface area contributed by atoms with Crippen molar-refractivity contribution in [2.24, 2.45) is 5.73 Å². The van der Waals surface area contributed by atoms with Gasteiger partial charge < -0.3 is 20.5 Å². The molecule has 0 radical (unpaired) electrons. The van der Waals surface area contributed by atoms with E-state index in [2.05, 4.69) is 5.32 Å². The maximum atomic E-state index is 12.2. The Kier molecular flexibility index (Phi) is 7.03. The van der Waals surface area contributed by atoms with Crippen molar-refractivity contribution < 1.29 is 14.3 Å². The van der Waals surface area contributed by atoms with Crippen molar-refractivity contribution >= 4 is 23.2 Å². The number of carbonyl (C=O) groups excluding carboxylic acids is 1. The van der Waals surface area contributed by atoms with E-state index in [1.807, 2.05) is 42.5 Å². The molecule has 1 atom stereocenters. The molecule has 3 aromatic rings. The quantitative estimate of drug-likeness (QED) is 0.583. The van der Waals surface area contributed by atoms with Crippen LogP contribution in [-0.2, 0) is 16.1 Å². The van der Waals surface area contributed by atoms with Crippen LogP contribution in [0.25, 0.3) is 0 Å². The van der Waals surface area contributed by atoms with Gasteiger partial charge in [-0.1, -0.05) is 48.0 Å². The molecule has 0 saturated heterocycles. The number of anilines is 1. The Morgan fingerprint density at radius 1 is 0.964 bits per heavy atom. The number of carbonyl (C=O) groups is 1. The lowest BCUT2D eigenvalue weighted by molar-refractivity contribution is -0.118. The van der Waals surface area contributed by atoms with E-state index in [0.717, 1.165) is 5.56 Å². The summed E-state index contributed by atoms with van der Waals surface area (Å²) >= 11 is 5.94. The fourth-order valence-electron chi connectivity index (χ4n) is 2.46. The number of ether oxygens (including phenoxy) is 2. The van der Waals surface area contributed by atoms with Gasteiger partial charge in [-0.3, -0.25) is 4.79 Å². The zero-order chi connectivity index (χ0) is 19.8. The van der Waals surface area contributed by atoms with Gasteiger partial charge in [0.25, 0.3) is 0 Å². The fourth-order valence-corrected chi connectivity index (χ4v) is 2.64. The van der Waals surface area contributed by atoms with E-state index in [1.165, 1.54) is 0 Å². The Bertz CT molecular complexity index is 901. The lowest BCUT2D eigenvalue weighted by atomic mass is 10.2. The molecule has 3 N–H and O–H groups in total. The second-order valence-electron chi connectivity index (χ2n) is 6.18. The van der Waals surface area contributed by atoms with Crippen LogP contribution in [0.3, 0.4) is 0 Å². The van der Waals surface area contributed by atoms with Gasteiger partial charge >= 0.3 is 0 Å². The van der Waals surface area contributed by atoms with Gasteiger partial charge in [0, 0.05) is 10.7 Å². The monoisotopic (exact) mass is 396 g/mol. The van der Waals surface area contributed by atoms with Gasteiger partial charge in [-0.05, 0) is 48.0 Å². The highest BCUT2D eigenvalue weighted by atomic mass is 35.5. The summed E-state index contributed by atoms with van der Waals surface area (Å²) in [4.78, 5) is 12.2. The van der Waals surface area contributed by atoms with Crippen LogP contribution in [0, 0.1) is 0 Å². The molecule has 0 bridgehead atoms. The minimum absolute atomic E-state index is 0.136. The molecule has 0 heterocycles. The molecule has 0 fully saturated rings. The molecule has 3 aromatic carbocycles. The Balaban J connectivity index is 1.46. The average molecular weight is 397 g/mol. The van der Waals surface area contributed by atoms with Gasteiger partial charge in [-0.15, -0.1) is 0 Å². The Morgan fingerprint density at radius 2 is 1.71 bits per heavy atom. The minimum Gasteiger partial charge on any atom is -0.457 e. The number of benzene rings is 3. The zero-order valence-electron chi connectivity index (χ0n) is 15.2. The van der Waals surface area contributed by atoms with Crippen LogP contribution in [0.4, 0.5) is 5.69 Å². The molecule has 6 heteroatoms. The van der Waals surface area contributed by atoms with Gasteiger partial charge in [0.05, 0.1) is 13.2 Å². The van der Waals surface area contributed by atoms with Crippen molar-refractivity contribution in [2.45, 2.75) is 12.6 Å². The Morgan fingerprint density at radius 3 is 2.43 bits per heavy atom. The molecule has 0 aromatic heterocycles. The molecule has 1 unspecified atom stereocenters. The molecular weight excluding hydrogens is 376 g/mol.